The van der Waals surface area contributed by atoms with E-state index in [0.717, 1.165) is 22.9 Å². The minimum absolute atomic E-state index is 0.0795. The molecule has 3 aromatic rings. The highest BCUT2D eigenvalue weighted by Crippen LogP contribution is 2.39. The highest BCUT2D eigenvalue weighted by Gasteiger charge is 2.33. The van der Waals surface area contributed by atoms with Gasteiger partial charge in [0, 0.05) is 21.2 Å². The van der Waals surface area contributed by atoms with Crippen molar-refractivity contribution < 1.29 is 24.2 Å². The van der Waals surface area contributed by atoms with Crippen molar-refractivity contribution >= 4 is 58.0 Å². The molecule has 9 heteroatoms. The molecule has 0 aromatic heterocycles. The second kappa shape index (κ2) is 12.1. The number of carbonyl (C=O) groups is 2. The van der Waals surface area contributed by atoms with Crippen LogP contribution in [0.4, 0.5) is 0 Å². The topological polar surface area (TPSA) is 85.2 Å². The molecular formula is C28H21Cl2NO5S. The van der Waals surface area contributed by atoms with Crippen LogP contribution in [0.5, 0.6) is 5.75 Å². The van der Waals surface area contributed by atoms with Crippen LogP contribution in [0.15, 0.2) is 94.0 Å². The summed E-state index contributed by atoms with van der Waals surface area (Å²) in [6.07, 6.45) is 1.69. The molecule has 0 spiro atoms. The number of esters is 1. The van der Waals surface area contributed by atoms with Crippen molar-refractivity contribution in [3.05, 3.63) is 116 Å². The summed E-state index contributed by atoms with van der Waals surface area (Å²) in [6, 6.07) is 20.8. The molecule has 0 fully saturated rings. The Labute approximate surface area is 228 Å². The highest BCUT2D eigenvalue weighted by molar-refractivity contribution is 8.18. The van der Waals surface area contributed by atoms with Crippen molar-refractivity contribution in [2.45, 2.75) is 13.5 Å². The molecule has 0 bridgehead atoms. The Morgan fingerprint density at radius 2 is 1.76 bits per heavy atom. The lowest BCUT2D eigenvalue weighted by molar-refractivity contribution is -0.138. The van der Waals surface area contributed by atoms with Crippen molar-refractivity contribution in [3.63, 3.8) is 0 Å². The van der Waals surface area contributed by atoms with Crippen LogP contribution >= 0.6 is 35.0 Å². The summed E-state index contributed by atoms with van der Waals surface area (Å²) < 4.78 is 10.9. The van der Waals surface area contributed by atoms with Crippen LogP contribution in [0.25, 0.3) is 6.08 Å². The maximum atomic E-state index is 12.6. The van der Waals surface area contributed by atoms with Crippen LogP contribution in [-0.2, 0) is 16.1 Å². The fourth-order valence-electron chi connectivity index (χ4n) is 3.34. The summed E-state index contributed by atoms with van der Waals surface area (Å²) in [4.78, 5) is 29.6. The first kappa shape index (κ1) is 26.5. The van der Waals surface area contributed by atoms with Gasteiger partial charge in [-0.05, 0) is 55.0 Å². The lowest BCUT2D eigenvalue weighted by Crippen LogP contribution is -2.14. The summed E-state index contributed by atoms with van der Waals surface area (Å²) in [5, 5.41) is 12.0. The van der Waals surface area contributed by atoms with Crippen LogP contribution in [0.3, 0.4) is 0 Å². The number of benzene rings is 3. The number of aliphatic hydroxyl groups excluding tert-OH is 1. The zero-order chi connectivity index (χ0) is 26.4. The number of carbonyl (C=O) groups excluding carboxylic acids is 2. The number of nitrogens with zero attached hydrogens (tertiary/aromatic N) is 1. The predicted molar refractivity (Wildman–Crippen MR) is 147 cm³/mol. The third kappa shape index (κ3) is 6.63. The van der Waals surface area contributed by atoms with E-state index in [1.807, 2.05) is 0 Å². The summed E-state index contributed by atoms with van der Waals surface area (Å²) in [5.74, 6) is -0.947. The van der Waals surface area contributed by atoms with E-state index in [2.05, 4.69) is 4.99 Å². The Morgan fingerprint density at radius 3 is 2.43 bits per heavy atom. The first-order chi connectivity index (χ1) is 17.9. The number of amides is 1. The number of ether oxygens (including phenoxy) is 2. The summed E-state index contributed by atoms with van der Waals surface area (Å²) >= 11 is 13.1. The summed E-state index contributed by atoms with van der Waals surface area (Å²) in [6.45, 7) is 2.04. The maximum absolute atomic E-state index is 12.6. The van der Waals surface area contributed by atoms with Gasteiger partial charge in [0.2, 0.25) is 0 Å². The SMILES string of the molecule is CCOC(=O)C1=C(O)/C(=C/c2ccc(OCc3ccc(Cl)cc3Cl)cc2)SC1=NC(=O)c1ccccc1. The molecule has 1 aliphatic heterocycles. The third-order valence-electron chi connectivity index (χ3n) is 5.18. The molecule has 0 radical (unpaired) electrons. The van der Waals surface area contributed by atoms with Gasteiger partial charge in [0.15, 0.2) is 0 Å². The fraction of sp³-hybridized carbons (Fsp3) is 0.107. The first-order valence-corrected chi connectivity index (χ1v) is 12.8. The van der Waals surface area contributed by atoms with E-state index in [1.54, 1.807) is 85.8 Å². The van der Waals surface area contributed by atoms with E-state index in [4.69, 9.17) is 32.7 Å². The van der Waals surface area contributed by atoms with Gasteiger partial charge in [-0.15, -0.1) is 0 Å². The van der Waals surface area contributed by atoms with Crippen molar-refractivity contribution in [2.24, 2.45) is 4.99 Å². The molecule has 0 saturated heterocycles. The molecule has 1 amide bonds. The zero-order valence-corrected chi connectivity index (χ0v) is 21.9. The monoisotopic (exact) mass is 553 g/mol. The number of hydrogen-bond acceptors (Lipinski definition) is 6. The second-order valence-electron chi connectivity index (χ2n) is 7.74. The molecule has 0 atom stereocenters. The van der Waals surface area contributed by atoms with Crippen molar-refractivity contribution in [1.29, 1.82) is 0 Å². The average molecular weight is 554 g/mol. The molecular weight excluding hydrogens is 533 g/mol. The van der Waals surface area contributed by atoms with Gasteiger partial charge in [-0.1, -0.05) is 71.4 Å². The van der Waals surface area contributed by atoms with Gasteiger partial charge in [0.05, 0.1) is 11.5 Å². The predicted octanol–water partition coefficient (Wildman–Crippen LogP) is 7.27. The van der Waals surface area contributed by atoms with Gasteiger partial charge in [-0.25, -0.2) is 9.79 Å². The molecule has 4 rings (SSSR count). The number of aliphatic imine (C=N–C) groups is 1. The maximum Gasteiger partial charge on any atom is 0.344 e. The van der Waals surface area contributed by atoms with E-state index in [1.165, 1.54) is 0 Å². The van der Waals surface area contributed by atoms with Gasteiger partial charge in [0.1, 0.15) is 28.7 Å². The Morgan fingerprint density at radius 1 is 1.03 bits per heavy atom. The Hall–Kier alpha value is -3.52. The van der Waals surface area contributed by atoms with Gasteiger partial charge >= 0.3 is 5.97 Å². The smallest absolute Gasteiger partial charge is 0.344 e. The summed E-state index contributed by atoms with van der Waals surface area (Å²) in [7, 11) is 0. The van der Waals surface area contributed by atoms with E-state index in [-0.39, 0.29) is 29.6 Å². The largest absolute Gasteiger partial charge is 0.506 e. The van der Waals surface area contributed by atoms with Crippen LogP contribution in [0.2, 0.25) is 10.0 Å². The molecule has 0 unspecified atom stereocenters. The lowest BCUT2D eigenvalue weighted by atomic mass is 10.1. The standard InChI is InChI=1S/C28H21Cl2NO5S/c1-2-35-28(34)24-25(32)23(37-27(24)31-26(33)18-6-4-3-5-7-18)14-17-8-12-21(13-9-17)36-16-19-10-11-20(29)15-22(19)30/h3-15,32H,2,16H2,1H3/b23-14-,31-27?. The Balaban J connectivity index is 1.54. The van der Waals surface area contributed by atoms with E-state index in [9.17, 15) is 14.7 Å². The third-order valence-corrected chi connectivity index (χ3v) is 6.79. The van der Waals surface area contributed by atoms with Crippen LogP contribution in [-0.4, -0.2) is 28.6 Å². The van der Waals surface area contributed by atoms with E-state index in [0.29, 0.717) is 26.3 Å². The number of hydrogen-bond donors (Lipinski definition) is 1. The number of thioether (sulfide) groups is 1. The van der Waals surface area contributed by atoms with Crippen LogP contribution in [0, 0.1) is 0 Å². The van der Waals surface area contributed by atoms with Gasteiger partial charge in [0.25, 0.3) is 5.91 Å². The van der Waals surface area contributed by atoms with E-state index >= 15 is 0 Å². The minimum atomic E-state index is -0.750. The van der Waals surface area contributed by atoms with Gasteiger partial charge in [-0.2, -0.15) is 0 Å². The van der Waals surface area contributed by atoms with Crippen LogP contribution < -0.4 is 4.74 Å². The molecule has 188 valence electrons. The normalized spacial score (nSPS) is 15.3. The zero-order valence-electron chi connectivity index (χ0n) is 19.6. The van der Waals surface area contributed by atoms with E-state index < -0.39 is 11.9 Å². The number of aliphatic hydroxyl groups is 1. The molecule has 1 N–H and O–H groups in total. The van der Waals surface area contributed by atoms with Crippen LogP contribution in [0.1, 0.15) is 28.4 Å². The average Bonchev–Trinajstić information content (AvgIpc) is 3.19. The Bertz CT molecular complexity index is 1420. The van der Waals surface area contributed by atoms with Crippen molar-refractivity contribution in [3.8, 4) is 5.75 Å². The molecule has 6 nitrogen and oxygen atoms in total. The quantitative estimate of drug-likeness (QED) is 0.309. The molecule has 0 aliphatic carbocycles. The number of halogens is 2. The Kier molecular flexibility index (Phi) is 8.71. The molecule has 37 heavy (non-hydrogen) atoms. The van der Waals surface area contributed by atoms with Gasteiger partial charge < -0.3 is 14.6 Å². The first-order valence-electron chi connectivity index (χ1n) is 11.2. The second-order valence-corrected chi connectivity index (χ2v) is 9.61. The lowest BCUT2D eigenvalue weighted by Gasteiger charge is -2.08. The molecule has 1 heterocycles. The fourth-order valence-corrected chi connectivity index (χ4v) is 4.82. The number of rotatable bonds is 7. The molecule has 3 aromatic carbocycles. The minimum Gasteiger partial charge on any atom is -0.506 e. The molecule has 0 saturated carbocycles. The summed E-state index contributed by atoms with van der Waals surface area (Å²) in [5.41, 5.74) is 1.77. The van der Waals surface area contributed by atoms with Crippen molar-refractivity contribution in [2.75, 3.05) is 6.61 Å². The van der Waals surface area contributed by atoms with Crippen molar-refractivity contribution in [1.82, 2.24) is 0 Å². The molecule has 1 aliphatic rings. The highest BCUT2D eigenvalue weighted by atomic mass is 35.5. The van der Waals surface area contributed by atoms with Gasteiger partial charge in [-0.3, -0.25) is 4.79 Å².